The monoisotopic (exact) mass is 312 g/mol. The first-order valence-corrected chi connectivity index (χ1v) is 8.35. The molecule has 0 saturated heterocycles. The van der Waals surface area contributed by atoms with Crippen molar-refractivity contribution in [3.8, 4) is 11.1 Å². The van der Waals surface area contributed by atoms with Crippen LogP contribution >= 0.6 is 0 Å². The molecule has 0 radical (unpaired) electrons. The van der Waals surface area contributed by atoms with Crippen molar-refractivity contribution in [2.75, 3.05) is 0 Å². The van der Waals surface area contributed by atoms with Gasteiger partial charge in [-0.3, -0.25) is 0 Å². The molecule has 0 amide bonds. The molecule has 1 aliphatic rings. The summed E-state index contributed by atoms with van der Waals surface area (Å²) in [7, 11) is 0. The minimum absolute atomic E-state index is 0.621. The number of benzene rings is 2. The first-order chi connectivity index (χ1) is 11.2. The van der Waals surface area contributed by atoms with Crippen LogP contribution in [-0.2, 0) is 0 Å². The second-order valence-electron chi connectivity index (χ2n) is 6.39. The van der Waals surface area contributed by atoms with Crippen molar-refractivity contribution < 1.29 is 8.78 Å². The highest BCUT2D eigenvalue weighted by Crippen LogP contribution is 2.37. The minimum atomic E-state index is -0.803. The van der Waals surface area contributed by atoms with E-state index in [1.54, 1.807) is 6.07 Å². The van der Waals surface area contributed by atoms with Crippen molar-refractivity contribution in [3.63, 3.8) is 0 Å². The van der Waals surface area contributed by atoms with Crippen LogP contribution in [0.3, 0.4) is 0 Å². The molecule has 0 N–H and O–H groups in total. The van der Waals surface area contributed by atoms with Gasteiger partial charge in [-0.05, 0) is 73.3 Å². The van der Waals surface area contributed by atoms with Gasteiger partial charge in [0.05, 0.1) is 0 Å². The van der Waals surface area contributed by atoms with Crippen molar-refractivity contribution in [3.05, 3.63) is 71.8 Å². The van der Waals surface area contributed by atoms with E-state index in [4.69, 9.17) is 0 Å². The highest BCUT2D eigenvalue weighted by atomic mass is 19.2. The third kappa shape index (κ3) is 3.69. The van der Waals surface area contributed by atoms with E-state index < -0.39 is 11.6 Å². The van der Waals surface area contributed by atoms with Crippen molar-refractivity contribution in [1.82, 2.24) is 0 Å². The quantitative estimate of drug-likeness (QED) is 0.569. The lowest BCUT2D eigenvalue weighted by atomic mass is 9.78. The molecule has 0 nitrogen and oxygen atoms in total. The molecule has 2 aromatic rings. The molecule has 0 atom stereocenters. The number of hydrogen-bond donors (Lipinski definition) is 0. The second-order valence-corrected chi connectivity index (χ2v) is 6.39. The van der Waals surface area contributed by atoms with Crippen LogP contribution in [0, 0.1) is 17.6 Å². The number of rotatable bonds is 3. The van der Waals surface area contributed by atoms with Crippen LogP contribution in [-0.4, -0.2) is 0 Å². The minimum Gasteiger partial charge on any atom is -0.204 e. The summed E-state index contributed by atoms with van der Waals surface area (Å²) in [4.78, 5) is 0. The maximum Gasteiger partial charge on any atom is 0.159 e. The van der Waals surface area contributed by atoms with Gasteiger partial charge in [-0.15, -0.1) is 0 Å². The molecule has 1 aliphatic carbocycles. The number of allylic oxidation sites excluding steroid dienone is 2. The first-order valence-electron chi connectivity index (χ1n) is 8.35. The van der Waals surface area contributed by atoms with Gasteiger partial charge in [0.1, 0.15) is 0 Å². The molecular formula is C21H22F2. The van der Waals surface area contributed by atoms with E-state index in [2.05, 4.69) is 31.2 Å². The third-order valence-electron chi connectivity index (χ3n) is 4.87. The molecule has 120 valence electrons. The molecule has 0 heterocycles. The van der Waals surface area contributed by atoms with E-state index in [0.717, 1.165) is 11.5 Å². The summed E-state index contributed by atoms with van der Waals surface area (Å²) in [5, 5.41) is 0. The van der Waals surface area contributed by atoms with Gasteiger partial charge in [-0.25, -0.2) is 8.78 Å². The zero-order valence-electron chi connectivity index (χ0n) is 13.4. The molecule has 0 unspecified atom stereocenters. The van der Waals surface area contributed by atoms with Gasteiger partial charge in [-0.2, -0.15) is 0 Å². The van der Waals surface area contributed by atoms with Crippen LogP contribution in [0.5, 0.6) is 0 Å². The topological polar surface area (TPSA) is 0 Å². The van der Waals surface area contributed by atoms with E-state index in [9.17, 15) is 8.78 Å². The van der Waals surface area contributed by atoms with Crippen LogP contribution in [0.15, 0.2) is 54.6 Å². The van der Waals surface area contributed by atoms with Crippen molar-refractivity contribution in [1.29, 1.82) is 0 Å². The van der Waals surface area contributed by atoms with Crippen molar-refractivity contribution >= 4 is 0 Å². The summed E-state index contributed by atoms with van der Waals surface area (Å²) in [6.07, 6.45) is 9.42. The Kier molecular flexibility index (Phi) is 4.90. The number of halogens is 2. The molecule has 0 aliphatic heterocycles. The van der Waals surface area contributed by atoms with Crippen molar-refractivity contribution in [2.45, 2.75) is 38.5 Å². The Labute approximate surface area is 136 Å². The predicted molar refractivity (Wildman–Crippen MR) is 91.3 cm³/mol. The Hall–Kier alpha value is -1.96. The van der Waals surface area contributed by atoms with Gasteiger partial charge in [0.25, 0.3) is 0 Å². The van der Waals surface area contributed by atoms with E-state index in [1.807, 2.05) is 12.1 Å². The van der Waals surface area contributed by atoms with Crippen LogP contribution in [0.2, 0.25) is 0 Å². The lowest BCUT2D eigenvalue weighted by molar-refractivity contribution is 0.376. The van der Waals surface area contributed by atoms with E-state index in [-0.39, 0.29) is 0 Å². The molecule has 1 saturated carbocycles. The standard InChI is InChI=1S/C21H22F2/c1-2-3-15-4-6-16(7-5-15)17-8-10-18(11-9-17)19-12-13-20(22)21(23)14-19/h2-3,8-16H,4-7H2,1H3/b3-2+/t15-,16-. The first kappa shape index (κ1) is 15.9. The summed E-state index contributed by atoms with van der Waals surface area (Å²) < 4.78 is 26.4. The molecule has 0 bridgehead atoms. The highest BCUT2D eigenvalue weighted by molar-refractivity contribution is 5.63. The van der Waals surface area contributed by atoms with Gasteiger partial charge in [0, 0.05) is 0 Å². The molecule has 23 heavy (non-hydrogen) atoms. The lowest BCUT2D eigenvalue weighted by Crippen LogP contribution is -2.11. The molecule has 2 aromatic carbocycles. The van der Waals surface area contributed by atoms with Gasteiger partial charge < -0.3 is 0 Å². The van der Waals surface area contributed by atoms with Crippen LogP contribution in [0.25, 0.3) is 11.1 Å². The second kappa shape index (κ2) is 7.08. The largest absolute Gasteiger partial charge is 0.204 e. The maximum absolute atomic E-state index is 13.4. The Balaban J connectivity index is 1.71. The molecular weight excluding hydrogens is 290 g/mol. The van der Waals surface area contributed by atoms with Crippen LogP contribution in [0.1, 0.15) is 44.1 Å². The smallest absolute Gasteiger partial charge is 0.159 e. The fourth-order valence-electron chi connectivity index (χ4n) is 3.54. The average molecular weight is 312 g/mol. The van der Waals surface area contributed by atoms with Gasteiger partial charge >= 0.3 is 0 Å². The maximum atomic E-state index is 13.4. The highest BCUT2D eigenvalue weighted by Gasteiger charge is 2.20. The van der Waals surface area contributed by atoms with Gasteiger partial charge in [-0.1, -0.05) is 42.5 Å². The normalized spacial score (nSPS) is 21.7. The molecule has 1 fully saturated rings. The van der Waals surface area contributed by atoms with E-state index >= 15 is 0 Å². The Morgan fingerprint density at radius 3 is 2.09 bits per heavy atom. The Morgan fingerprint density at radius 2 is 1.48 bits per heavy atom. The summed E-state index contributed by atoms with van der Waals surface area (Å²) in [6, 6.07) is 12.4. The van der Waals surface area contributed by atoms with Crippen LogP contribution < -0.4 is 0 Å². The summed E-state index contributed by atoms with van der Waals surface area (Å²) in [5.74, 6) is -0.245. The van der Waals surface area contributed by atoms with E-state index in [0.29, 0.717) is 11.5 Å². The van der Waals surface area contributed by atoms with Crippen molar-refractivity contribution in [2.24, 2.45) is 5.92 Å². The van der Waals surface area contributed by atoms with E-state index in [1.165, 1.54) is 43.4 Å². The summed E-state index contributed by atoms with van der Waals surface area (Å²) >= 11 is 0. The summed E-state index contributed by atoms with van der Waals surface area (Å²) in [6.45, 7) is 2.09. The Bertz CT molecular complexity index is 677. The molecule has 0 spiro atoms. The fraction of sp³-hybridized carbons (Fsp3) is 0.333. The SMILES string of the molecule is C/C=C/[C@H]1CC[C@H](c2ccc(-c3ccc(F)c(F)c3)cc2)CC1. The third-order valence-corrected chi connectivity index (χ3v) is 4.87. The average Bonchev–Trinajstić information content (AvgIpc) is 2.59. The van der Waals surface area contributed by atoms with Gasteiger partial charge in [0.15, 0.2) is 11.6 Å². The molecule has 2 heteroatoms. The Morgan fingerprint density at radius 1 is 0.826 bits per heavy atom. The zero-order chi connectivity index (χ0) is 16.2. The van der Waals surface area contributed by atoms with Crippen LogP contribution in [0.4, 0.5) is 8.78 Å². The predicted octanol–water partition coefficient (Wildman–Crippen LogP) is 6.48. The lowest BCUT2D eigenvalue weighted by Gasteiger charge is -2.27. The summed E-state index contributed by atoms with van der Waals surface area (Å²) in [5.41, 5.74) is 3.00. The zero-order valence-corrected chi connectivity index (χ0v) is 13.4. The number of hydrogen-bond acceptors (Lipinski definition) is 0. The molecule has 0 aromatic heterocycles. The van der Waals surface area contributed by atoms with Gasteiger partial charge in [0.2, 0.25) is 0 Å². The molecule has 3 rings (SSSR count). The fourth-order valence-corrected chi connectivity index (χ4v) is 3.54.